The molecule has 0 atom stereocenters. The molecule has 1 saturated heterocycles. The maximum absolute atomic E-state index is 12.6. The van der Waals surface area contributed by atoms with Crippen LogP contribution in [0.4, 0.5) is 5.82 Å². The zero-order chi connectivity index (χ0) is 24.6. The third-order valence-corrected chi connectivity index (χ3v) is 7.42. The zero-order valence-electron chi connectivity index (χ0n) is 19.2. The number of nitrogens with zero attached hydrogens (tertiary/aromatic N) is 6. The van der Waals surface area contributed by atoms with E-state index in [1.807, 2.05) is 48.7 Å². The highest BCUT2D eigenvalue weighted by atomic mass is 79.9. The number of amides is 1. The fraction of sp³-hybridized carbons (Fsp3) is 0.192. The number of hydrogen-bond acceptors (Lipinski definition) is 7. The summed E-state index contributed by atoms with van der Waals surface area (Å²) in [5.41, 5.74) is 11.8. The second kappa shape index (κ2) is 9.19. The molecule has 10 heteroatoms. The molecule has 1 fully saturated rings. The van der Waals surface area contributed by atoms with Crippen LogP contribution >= 0.6 is 15.9 Å². The summed E-state index contributed by atoms with van der Waals surface area (Å²) in [6.07, 6.45) is 6.61. The van der Waals surface area contributed by atoms with Gasteiger partial charge in [0.05, 0.1) is 28.3 Å². The van der Waals surface area contributed by atoms with Crippen LogP contribution in [0.2, 0.25) is 0 Å². The lowest BCUT2D eigenvalue weighted by molar-refractivity contribution is 0.0670. The van der Waals surface area contributed by atoms with Crippen molar-refractivity contribution in [2.75, 3.05) is 18.8 Å². The predicted molar refractivity (Wildman–Crippen MR) is 138 cm³/mol. The minimum absolute atomic E-state index is 0.141. The van der Waals surface area contributed by atoms with Gasteiger partial charge in [-0.2, -0.15) is 9.61 Å². The minimum atomic E-state index is -0.141. The van der Waals surface area contributed by atoms with Gasteiger partial charge in [0, 0.05) is 48.0 Å². The zero-order valence-corrected chi connectivity index (χ0v) is 20.8. The number of nitrogen functional groups attached to an aromatic ring is 1. The summed E-state index contributed by atoms with van der Waals surface area (Å²) in [5, 5.41) is 8.12. The van der Waals surface area contributed by atoms with Crippen molar-refractivity contribution in [2.45, 2.75) is 18.8 Å². The fourth-order valence-corrected chi connectivity index (χ4v) is 5.24. The van der Waals surface area contributed by atoms with Crippen molar-refractivity contribution in [3.8, 4) is 22.4 Å². The maximum atomic E-state index is 12.6. The first-order valence-electron chi connectivity index (χ1n) is 11.6. The van der Waals surface area contributed by atoms with Gasteiger partial charge in [0.1, 0.15) is 5.82 Å². The molecule has 36 heavy (non-hydrogen) atoms. The van der Waals surface area contributed by atoms with Crippen molar-refractivity contribution in [3.63, 3.8) is 0 Å². The number of anilines is 1. The Morgan fingerprint density at radius 1 is 1.03 bits per heavy atom. The van der Waals surface area contributed by atoms with Gasteiger partial charge in [-0.25, -0.2) is 4.98 Å². The van der Waals surface area contributed by atoms with Gasteiger partial charge in [-0.05, 0) is 34.8 Å². The third-order valence-electron chi connectivity index (χ3n) is 6.61. The van der Waals surface area contributed by atoms with Crippen LogP contribution in [0.3, 0.4) is 0 Å². The van der Waals surface area contributed by atoms with Crippen LogP contribution in [0.5, 0.6) is 0 Å². The Kier molecular flexibility index (Phi) is 5.73. The second-order valence-electron chi connectivity index (χ2n) is 8.73. The van der Waals surface area contributed by atoms with Crippen molar-refractivity contribution < 1.29 is 9.32 Å². The minimum Gasteiger partial charge on any atom is -0.383 e. The third kappa shape index (κ3) is 3.93. The van der Waals surface area contributed by atoms with Gasteiger partial charge in [0.15, 0.2) is 5.65 Å². The Morgan fingerprint density at radius 2 is 1.83 bits per heavy atom. The first-order valence-corrected chi connectivity index (χ1v) is 12.4. The topological polar surface area (TPSA) is 115 Å². The molecule has 0 spiro atoms. The molecule has 0 bridgehead atoms. The molecule has 6 rings (SSSR count). The number of likely N-dealkylation sites (tertiary alicyclic amines) is 1. The van der Waals surface area contributed by atoms with Gasteiger partial charge in [-0.15, -0.1) is 0 Å². The van der Waals surface area contributed by atoms with Crippen LogP contribution in [0.1, 0.15) is 35.0 Å². The van der Waals surface area contributed by atoms with Crippen LogP contribution in [0.25, 0.3) is 28.0 Å². The molecule has 1 aromatic carbocycles. The number of nitrogens with two attached hydrogens (primary N) is 1. The summed E-state index contributed by atoms with van der Waals surface area (Å²) in [5.74, 6) is 0.758. The van der Waals surface area contributed by atoms with Crippen molar-refractivity contribution in [3.05, 3.63) is 83.0 Å². The molecular formula is C26H22BrN7O2. The molecule has 1 aliphatic rings. The van der Waals surface area contributed by atoms with Gasteiger partial charge >= 0.3 is 0 Å². The number of carbonyl (C=O) groups is 1. The lowest BCUT2D eigenvalue weighted by atomic mass is 9.93. The van der Waals surface area contributed by atoms with Crippen molar-refractivity contribution in [1.82, 2.24) is 29.6 Å². The van der Waals surface area contributed by atoms with E-state index in [1.54, 1.807) is 21.7 Å². The first kappa shape index (κ1) is 22.4. The number of benzene rings is 1. The summed E-state index contributed by atoms with van der Waals surface area (Å²) >= 11 is 3.65. The Hall–Kier alpha value is -4.05. The molecule has 180 valence electrons. The van der Waals surface area contributed by atoms with Crippen molar-refractivity contribution in [1.29, 1.82) is 0 Å². The molecule has 0 saturated carbocycles. The molecule has 4 aromatic heterocycles. The summed E-state index contributed by atoms with van der Waals surface area (Å²) in [6, 6.07) is 15.7. The van der Waals surface area contributed by atoms with E-state index in [1.165, 1.54) is 6.20 Å². The summed E-state index contributed by atoms with van der Waals surface area (Å²) in [6.45, 7) is 1.20. The highest BCUT2D eigenvalue weighted by Crippen LogP contribution is 2.37. The quantitative estimate of drug-likeness (QED) is 0.345. The van der Waals surface area contributed by atoms with Crippen LogP contribution in [-0.4, -0.2) is 48.6 Å². The largest absolute Gasteiger partial charge is 0.383 e. The number of pyridine rings is 1. The molecule has 1 amide bonds. The average Bonchev–Trinajstić information content (AvgIpc) is 3.62. The van der Waals surface area contributed by atoms with E-state index in [0.29, 0.717) is 24.6 Å². The van der Waals surface area contributed by atoms with Crippen LogP contribution < -0.4 is 5.73 Å². The number of aromatic nitrogens is 5. The molecule has 0 radical (unpaired) electrons. The first-order chi connectivity index (χ1) is 17.6. The Labute approximate surface area is 215 Å². The van der Waals surface area contributed by atoms with E-state index in [-0.39, 0.29) is 17.6 Å². The molecule has 5 aromatic rings. The van der Waals surface area contributed by atoms with E-state index in [4.69, 9.17) is 15.2 Å². The van der Waals surface area contributed by atoms with Crippen LogP contribution in [-0.2, 0) is 0 Å². The SMILES string of the molecule is Nc1c(Br)c(C2CCN(C(=O)c3ccno3)CC2)nc2c(-c3ccc(-c4ccccc4)nc3)cnn12. The van der Waals surface area contributed by atoms with Gasteiger partial charge in [-0.1, -0.05) is 41.6 Å². The smallest absolute Gasteiger partial charge is 0.292 e. The van der Waals surface area contributed by atoms with Gasteiger partial charge in [-0.3, -0.25) is 9.78 Å². The van der Waals surface area contributed by atoms with E-state index in [0.717, 1.165) is 45.4 Å². The molecule has 2 N–H and O–H groups in total. The summed E-state index contributed by atoms with van der Waals surface area (Å²) < 4.78 is 7.42. The Morgan fingerprint density at radius 3 is 2.53 bits per heavy atom. The van der Waals surface area contributed by atoms with Gasteiger partial charge < -0.3 is 15.2 Å². The monoisotopic (exact) mass is 543 g/mol. The highest BCUT2D eigenvalue weighted by molar-refractivity contribution is 9.10. The highest BCUT2D eigenvalue weighted by Gasteiger charge is 2.29. The predicted octanol–water partition coefficient (Wildman–Crippen LogP) is 4.81. The standard InChI is InChI=1S/C26H22BrN7O2/c27-22-23(17-9-12-33(13-10-17)26(35)21-8-11-31-36-21)32-25-19(15-30-34(25)24(22)28)18-6-7-20(29-14-18)16-4-2-1-3-5-16/h1-8,11,14-15,17H,9-10,12-13,28H2. The number of halogens is 1. The normalized spacial score (nSPS) is 14.4. The van der Waals surface area contributed by atoms with E-state index in [2.05, 4.69) is 31.2 Å². The number of rotatable bonds is 4. The average molecular weight is 544 g/mol. The summed E-state index contributed by atoms with van der Waals surface area (Å²) in [4.78, 5) is 24.1. The molecule has 9 nitrogen and oxygen atoms in total. The van der Waals surface area contributed by atoms with E-state index >= 15 is 0 Å². The fourth-order valence-electron chi connectivity index (χ4n) is 4.66. The van der Waals surface area contributed by atoms with E-state index < -0.39 is 0 Å². The lowest BCUT2D eigenvalue weighted by Crippen LogP contribution is -2.38. The second-order valence-corrected chi connectivity index (χ2v) is 9.52. The van der Waals surface area contributed by atoms with E-state index in [9.17, 15) is 4.79 Å². The molecule has 1 aliphatic heterocycles. The van der Waals surface area contributed by atoms with Crippen molar-refractivity contribution in [2.24, 2.45) is 0 Å². The van der Waals surface area contributed by atoms with Crippen molar-refractivity contribution >= 4 is 33.3 Å². The van der Waals surface area contributed by atoms with Gasteiger partial charge in [0.25, 0.3) is 5.91 Å². The maximum Gasteiger partial charge on any atom is 0.292 e. The summed E-state index contributed by atoms with van der Waals surface area (Å²) in [7, 11) is 0. The number of hydrogen-bond donors (Lipinski definition) is 1. The number of carbonyl (C=O) groups excluding carboxylic acids is 1. The Bertz CT molecular complexity index is 1520. The number of fused-ring (bicyclic) bond motifs is 1. The molecular weight excluding hydrogens is 522 g/mol. The van der Waals surface area contributed by atoms with Crippen LogP contribution in [0.15, 0.2) is 76.1 Å². The lowest BCUT2D eigenvalue weighted by Gasteiger charge is -2.31. The Balaban J connectivity index is 1.29. The molecule has 0 aliphatic carbocycles. The number of piperidine rings is 1. The van der Waals surface area contributed by atoms with Crippen LogP contribution in [0, 0.1) is 0 Å². The van der Waals surface area contributed by atoms with Gasteiger partial charge in [0.2, 0.25) is 5.76 Å². The molecule has 0 unspecified atom stereocenters. The molecule has 5 heterocycles.